The van der Waals surface area contributed by atoms with Crippen molar-refractivity contribution in [3.63, 3.8) is 0 Å². The SMILES string of the molecule is O=S(=O)(Cl)Cc1ccc(C2CCOC2)c(Cl)c1. The average molecular weight is 295 g/mol. The van der Waals surface area contributed by atoms with Crippen molar-refractivity contribution in [3.8, 4) is 0 Å². The van der Waals surface area contributed by atoms with Crippen molar-refractivity contribution in [2.24, 2.45) is 0 Å². The van der Waals surface area contributed by atoms with Gasteiger partial charge in [0.15, 0.2) is 0 Å². The lowest BCUT2D eigenvalue weighted by atomic mass is 9.97. The van der Waals surface area contributed by atoms with Gasteiger partial charge in [-0.2, -0.15) is 0 Å². The van der Waals surface area contributed by atoms with Crippen molar-refractivity contribution in [2.75, 3.05) is 13.2 Å². The lowest BCUT2D eigenvalue weighted by Crippen LogP contribution is -2.00. The summed E-state index contributed by atoms with van der Waals surface area (Å²) >= 11 is 6.14. The minimum Gasteiger partial charge on any atom is -0.381 e. The van der Waals surface area contributed by atoms with Gasteiger partial charge in [0.1, 0.15) is 0 Å². The molecule has 3 nitrogen and oxygen atoms in total. The van der Waals surface area contributed by atoms with Crippen LogP contribution in [0.3, 0.4) is 0 Å². The maximum absolute atomic E-state index is 11.0. The molecule has 17 heavy (non-hydrogen) atoms. The summed E-state index contributed by atoms with van der Waals surface area (Å²) in [5.41, 5.74) is 1.62. The van der Waals surface area contributed by atoms with E-state index in [-0.39, 0.29) is 5.75 Å². The Morgan fingerprint density at radius 3 is 2.71 bits per heavy atom. The zero-order chi connectivity index (χ0) is 12.5. The Balaban J connectivity index is 2.22. The third-order valence-electron chi connectivity index (χ3n) is 2.77. The van der Waals surface area contributed by atoms with Gasteiger partial charge in [0.05, 0.1) is 12.4 Å². The zero-order valence-corrected chi connectivity index (χ0v) is 11.4. The van der Waals surface area contributed by atoms with Gasteiger partial charge in [0.25, 0.3) is 0 Å². The summed E-state index contributed by atoms with van der Waals surface area (Å²) in [7, 11) is 1.66. The van der Waals surface area contributed by atoms with E-state index in [2.05, 4.69) is 0 Å². The van der Waals surface area contributed by atoms with Gasteiger partial charge in [-0.3, -0.25) is 0 Å². The third-order valence-corrected chi connectivity index (χ3v) is 4.11. The van der Waals surface area contributed by atoms with Crippen molar-refractivity contribution in [1.29, 1.82) is 0 Å². The summed E-state index contributed by atoms with van der Waals surface area (Å²) in [4.78, 5) is 0. The minimum atomic E-state index is -3.54. The van der Waals surface area contributed by atoms with Crippen LogP contribution in [0.25, 0.3) is 0 Å². The summed E-state index contributed by atoms with van der Waals surface area (Å²) in [5, 5.41) is 0.582. The molecule has 0 aliphatic carbocycles. The van der Waals surface area contributed by atoms with E-state index in [1.165, 1.54) is 0 Å². The smallest absolute Gasteiger partial charge is 0.236 e. The minimum absolute atomic E-state index is 0.199. The van der Waals surface area contributed by atoms with Gasteiger partial charge in [-0.1, -0.05) is 23.7 Å². The molecule has 0 aromatic heterocycles. The fourth-order valence-corrected chi connectivity index (χ4v) is 3.28. The molecule has 1 saturated heterocycles. The number of hydrogen-bond donors (Lipinski definition) is 0. The highest BCUT2D eigenvalue weighted by molar-refractivity contribution is 8.13. The van der Waals surface area contributed by atoms with Crippen LogP contribution in [0.4, 0.5) is 0 Å². The highest BCUT2D eigenvalue weighted by atomic mass is 35.7. The zero-order valence-electron chi connectivity index (χ0n) is 9.03. The molecule has 0 N–H and O–H groups in total. The maximum atomic E-state index is 11.0. The predicted octanol–water partition coefficient (Wildman–Crippen LogP) is 2.91. The predicted molar refractivity (Wildman–Crippen MR) is 68.1 cm³/mol. The van der Waals surface area contributed by atoms with E-state index in [0.29, 0.717) is 23.1 Å². The number of rotatable bonds is 3. The largest absolute Gasteiger partial charge is 0.381 e. The van der Waals surface area contributed by atoms with Crippen LogP contribution in [0.2, 0.25) is 5.02 Å². The van der Waals surface area contributed by atoms with Gasteiger partial charge in [-0.15, -0.1) is 0 Å². The molecular weight excluding hydrogens is 283 g/mol. The molecule has 1 atom stereocenters. The Morgan fingerprint density at radius 1 is 1.41 bits per heavy atom. The number of hydrogen-bond acceptors (Lipinski definition) is 3. The van der Waals surface area contributed by atoms with E-state index in [4.69, 9.17) is 27.0 Å². The van der Waals surface area contributed by atoms with Crippen molar-refractivity contribution in [1.82, 2.24) is 0 Å². The molecular formula is C11H12Cl2O3S. The molecule has 1 fully saturated rings. The molecule has 1 aliphatic rings. The van der Waals surface area contributed by atoms with Gasteiger partial charge in [-0.05, 0) is 23.6 Å². The Bertz CT molecular complexity index is 507. The first-order valence-corrected chi connectivity index (χ1v) is 8.10. The van der Waals surface area contributed by atoms with E-state index in [9.17, 15) is 8.42 Å². The second kappa shape index (κ2) is 5.14. The third kappa shape index (κ3) is 3.58. The van der Waals surface area contributed by atoms with Gasteiger partial charge < -0.3 is 4.74 Å². The van der Waals surface area contributed by atoms with Gasteiger partial charge in [0.2, 0.25) is 9.05 Å². The number of benzene rings is 1. The average Bonchev–Trinajstić information content (AvgIpc) is 2.68. The van der Waals surface area contributed by atoms with E-state index < -0.39 is 9.05 Å². The molecule has 0 bridgehead atoms. The van der Waals surface area contributed by atoms with Crippen LogP contribution < -0.4 is 0 Å². The Kier molecular flexibility index (Phi) is 3.98. The van der Waals surface area contributed by atoms with E-state index in [1.807, 2.05) is 6.07 Å². The van der Waals surface area contributed by atoms with Crippen molar-refractivity contribution in [2.45, 2.75) is 18.1 Å². The molecule has 1 aromatic rings. The summed E-state index contributed by atoms with van der Waals surface area (Å²) in [6.45, 7) is 1.42. The summed E-state index contributed by atoms with van der Waals surface area (Å²) < 4.78 is 27.2. The van der Waals surface area contributed by atoms with Crippen LogP contribution in [0.15, 0.2) is 18.2 Å². The number of halogens is 2. The van der Waals surface area contributed by atoms with E-state index >= 15 is 0 Å². The molecule has 1 unspecified atom stereocenters. The molecule has 94 valence electrons. The van der Waals surface area contributed by atoms with Crippen molar-refractivity contribution >= 4 is 31.3 Å². The molecule has 1 aliphatic heterocycles. The lowest BCUT2D eigenvalue weighted by Gasteiger charge is -2.11. The Hall–Kier alpha value is -0.290. The topological polar surface area (TPSA) is 43.4 Å². The molecule has 1 heterocycles. The van der Waals surface area contributed by atoms with Crippen molar-refractivity contribution < 1.29 is 13.2 Å². The molecule has 0 amide bonds. The molecule has 6 heteroatoms. The Labute approximate surface area is 110 Å². The molecule has 2 rings (SSSR count). The molecule has 0 spiro atoms. The van der Waals surface area contributed by atoms with Gasteiger partial charge in [0, 0.05) is 28.2 Å². The quantitative estimate of drug-likeness (QED) is 0.805. The lowest BCUT2D eigenvalue weighted by molar-refractivity contribution is 0.194. The van der Waals surface area contributed by atoms with Crippen LogP contribution in [-0.4, -0.2) is 21.6 Å². The highest BCUT2D eigenvalue weighted by Gasteiger charge is 2.20. The fourth-order valence-electron chi connectivity index (χ4n) is 1.97. The summed E-state index contributed by atoms with van der Waals surface area (Å²) in [5.74, 6) is 0.111. The van der Waals surface area contributed by atoms with E-state index in [0.717, 1.165) is 18.6 Å². The molecule has 0 radical (unpaired) electrons. The first-order valence-electron chi connectivity index (χ1n) is 5.24. The van der Waals surface area contributed by atoms with E-state index in [1.54, 1.807) is 12.1 Å². The monoisotopic (exact) mass is 294 g/mol. The summed E-state index contributed by atoms with van der Waals surface area (Å²) in [6, 6.07) is 5.27. The van der Waals surface area contributed by atoms with Crippen LogP contribution in [0.5, 0.6) is 0 Å². The first-order chi connectivity index (χ1) is 7.96. The van der Waals surface area contributed by atoms with Crippen LogP contribution >= 0.6 is 22.3 Å². The van der Waals surface area contributed by atoms with Crippen LogP contribution in [0, 0.1) is 0 Å². The number of ether oxygens (including phenoxy) is 1. The highest BCUT2D eigenvalue weighted by Crippen LogP contribution is 2.31. The standard InChI is InChI=1S/C11H12Cl2O3S/c12-11-5-8(7-17(13,14)15)1-2-10(11)9-3-4-16-6-9/h1-2,5,9H,3-4,6-7H2. The van der Waals surface area contributed by atoms with Gasteiger partial charge >= 0.3 is 0 Å². The fraction of sp³-hybridized carbons (Fsp3) is 0.455. The van der Waals surface area contributed by atoms with Crippen molar-refractivity contribution in [3.05, 3.63) is 34.3 Å². The molecule has 0 saturated carbocycles. The Morgan fingerprint density at radius 2 is 2.18 bits per heavy atom. The molecule has 1 aromatic carbocycles. The van der Waals surface area contributed by atoms with Crippen LogP contribution in [-0.2, 0) is 19.5 Å². The normalized spacial score (nSPS) is 20.7. The second-order valence-electron chi connectivity index (χ2n) is 4.10. The summed E-state index contributed by atoms with van der Waals surface area (Å²) in [6.07, 6.45) is 0.951. The second-order valence-corrected chi connectivity index (χ2v) is 7.28. The van der Waals surface area contributed by atoms with Gasteiger partial charge in [-0.25, -0.2) is 8.42 Å². The first kappa shape index (κ1) is 13.1. The maximum Gasteiger partial charge on any atom is 0.236 e. The van der Waals surface area contributed by atoms with Crippen LogP contribution in [0.1, 0.15) is 23.5 Å².